The van der Waals surface area contributed by atoms with Crippen LogP contribution in [0.1, 0.15) is 63.5 Å². The van der Waals surface area contributed by atoms with Crippen LogP contribution in [-0.2, 0) is 6.42 Å². The third-order valence-corrected chi connectivity index (χ3v) is 5.76. The van der Waals surface area contributed by atoms with Crippen molar-refractivity contribution in [3.63, 3.8) is 0 Å². The molecule has 0 saturated carbocycles. The number of halogens is 1. The average molecular weight is 436 g/mol. The number of piperidine rings is 1. The van der Waals surface area contributed by atoms with Gasteiger partial charge in [0, 0.05) is 36.6 Å². The summed E-state index contributed by atoms with van der Waals surface area (Å²) in [5, 5.41) is 6.72. The minimum absolute atomic E-state index is 0.0550. The molecule has 1 fully saturated rings. The van der Waals surface area contributed by atoms with Crippen LogP contribution in [-0.4, -0.2) is 39.9 Å². The second kappa shape index (κ2) is 9.30. The highest BCUT2D eigenvalue weighted by Gasteiger charge is 2.30. The number of carbonyl (C=O) groups is 2. The van der Waals surface area contributed by atoms with Gasteiger partial charge in [0.1, 0.15) is 17.1 Å². The Balaban J connectivity index is 1.43. The van der Waals surface area contributed by atoms with Gasteiger partial charge in [-0.05, 0) is 62.6 Å². The summed E-state index contributed by atoms with van der Waals surface area (Å²) >= 11 is 0. The number of benzene rings is 1. The summed E-state index contributed by atoms with van der Waals surface area (Å²) in [4.78, 5) is 31.9. The van der Waals surface area contributed by atoms with Crippen molar-refractivity contribution in [2.45, 2.75) is 39.0 Å². The summed E-state index contributed by atoms with van der Waals surface area (Å²) in [6.45, 7) is 4.95. The molecule has 1 atom stereocenters. The zero-order chi connectivity index (χ0) is 22.7. The molecule has 1 aliphatic rings. The van der Waals surface area contributed by atoms with E-state index in [1.807, 2.05) is 17.9 Å². The molecule has 1 aliphatic heterocycles. The van der Waals surface area contributed by atoms with Crippen molar-refractivity contribution in [3.8, 4) is 0 Å². The van der Waals surface area contributed by atoms with E-state index in [1.165, 1.54) is 30.5 Å². The van der Waals surface area contributed by atoms with Crippen molar-refractivity contribution >= 4 is 17.5 Å². The predicted octanol–water partition coefficient (Wildman–Crippen LogP) is 4.35. The number of anilines is 1. The molecule has 1 saturated heterocycles. The van der Waals surface area contributed by atoms with Gasteiger partial charge in [-0.25, -0.2) is 4.39 Å². The largest absolute Gasteiger partial charge is 0.361 e. The summed E-state index contributed by atoms with van der Waals surface area (Å²) in [7, 11) is 0. The number of hydrogen-bond acceptors (Lipinski definition) is 5. The van der Waals surface area contributed by atoms with Gasteiger partial charge in [0.15, 0.2) is 0 Å². The first-order chi connectivity index (χ1) is 15.5. The average Bonchev–Trinajstić information content (AvgIpc) is 3.20. The second-order valence-corrected chi connectivity index (χ2v) is 7.94. The monoisotopic (exact) mass is 436 g/mol. The van der Waals surface area contributed by atoms with E-state index in [0.717, 1.165) is 18.5 Å². The Bertz CT molecular complexity index is 1110. The molecule has 32 heavy (non-hydrogen) atoms. The summed E-state index contributed by atoms with van der Waals surface area (Å²) in [5.74, 6) is -0.0957. The molecule has 7 nitrogen and oxygen atoms in total. The summed E-state index contributed by atoms with van der Waals surface area (Å²) in [5.41, 5.74) is 3.02. The third kappa shape index (κ3) is 4.54. The van der Waals surface area contributed by atoms with Gasteiger partial charge < -0.3 is 14.7 Å². The highest BCUT2D eigenvalue weighted by molar-refractivity contribution is 6.04. The fraction of sp³-hybridized carbons (Fsp3) is 0.333. The van der Waals surface area contributed by atoms with E-state index in [9.17, 15) is 14.0 Å². The summed E-state index contributed by atoms with van der Waals surface area (Å²) in [6.07, 6.45) is 3.96. The van der Waals surface area contributed by atoms with Gasteiger partial charge in [-0.3, -0.25) is 14.6 Å². The van der Waals surface area contributed by atoms with Crippen molar-refractivity contribution in [2.24, 2.45) is 0 Å². The van der Waals surface area contributed by atoms with E-state index in [2.05, 4.69) is 15.5 Å². The number of hydrogen-bond donors (Lipinski definition) is 1. The van der Waals surface area contributed by atoms with Gasteiger partial charge in [0.05, 0.1) is 11.3 Å². The Morgan fingerprint density at radius 2 is 2.00 bits per heavy atom. The number of nitrogens with one attached hydrogen (secondary N) is 1. The zero-order valence-corrected chi connectivity index (χ0v) is 18.1. The fourth-order valence-electron chi connectivity index (χ4n) is 4.01. The van der Waals surface area contributed by atoms with E-state index in [0.29, 0.717) is 47.8 Å². The van der Waals surface area contributed by atoms with Gasteiger partial charge in [0.25, 0.3) is 11.8 Å². The first-order valence-corrected chi connectivity index (χ1v) is 10.7. The predicted molar refractivity (Wildman–Crippen MR) is 117 cm³/mol. The molecule has 3 heterocycles. The number of aryl methyl sites for hydroxylation is 2. The molecule has 1 N–H and O–H groups in total. The van der Waals surface area contributed by atoms with Crippen LogP contribution in [0, 0.1) is 12.7 Å². The lowest BCUT2D eigenvalue weighted by Crippen LogP contribution is -2.39. The van der Waals surface area contributed by atoms with Crippen LogP contribution < -0.4 is 5.32 Å². The quantitative estimate of drug-likeness (QED) is 0.642. The van der Waals surface area contributed by atoms with E-state index in [-0.39, 0.29) is 23.5 Å². The Morgan fingerprint density at radius 1 is 1.22 bits per heavy atom. The maximum absolute atomic E-state index is 13.1. The van der Waals surface area contributed by atoms with Crippen LogP contribution in [0.15, 0.2) is 47.1 Å². The first kappa shape index (κ1) is 21.7. The van der Waals surface area contributed by atoms with Crippen molar-refractivity contribution in [1.29, 1.82) is 0 Å². The van der Waals surface area contributed by atoms with E-state index in [4.69, 9.17) is 4.52 Å². The number of rotatable bonds is 5. The topological polar surface area (TPSA) is 88.3 Å². The van der Waals surface area contributed by atoms with E-state index >= 15 is 0 Å². The van der Waals surface area contributed by atoms with Gasteiger partial charge in [0.2, 0.25) is 0 Å². The molecule has 8 heteroatoms. The summed E-state index contributed by atoms with van der Waals surface area (Å²) < 4.78 is 18.3. The minimum atomic E-state index is -0.362. The summed E-state index contributed by atoms with van der Waals surface area (Å²) in [6, 6.07) is 9.14. The van der Waals surface area contributed by atoms with E-state index < -0.39 is 0 Å². The first-order valence-electron chi connectivity index (χ1n) is 10.7. The van der Waals surface area contributed by atoms with Gasteiger partial charge >= 0.3 is 0 Å². The van der Waals surface area contributed by atoms with Gasteiger partial charge in [-0.15, -0.1) is 0 Å². The Labute approximate surface area is 185 Å². The van der Waals surface area contributed by atoms with Crippen LogP contribution in [0.4, 0.5) is 10.1 Å². The van der Waals surface area contributed by atoms with Crippen LogP contribution in [0.3, 0.4) is 0 Å². The fourth-order valence-corrected chi connectivity index (χ4v) is 4.01. The molecular weight excluding hydrogens is 411 g/mol. The van der Waals surface area contributed by atoms with Crippen LogP contribution in [0.25, 0.3) is 0 Å². The molecule has 0 bridgehead atoms. The zero-order valence-electron chi connectivity index (χ0n) is 18.1. The van der Waals surface area contributed by atoms with Crippen molar-refractivity contribution in [2.75, 3.05) is 18.4 Å². The SMILES string of the molecule is CCc1noc(C)c1C(=O)N1CCC[C@H](c2ccc(C(=O)Nc3ccc(F)cc3)cn2)C1. The smallest absolute Gasteiger partial charge is 0.259 e. The molecule has 0 aliphatic carbocycles. The number of amides is 2. The van der Waals surface area contributed by atoms with Crippen LogP contribution in [0.5, 0.6) is 0 Å². The lowest BCUT2D eigenvalue weighted by atomic mass is 9.93. The number of pyridine rings is 1. The number of nitrogens with zero attached hydrogens (tertiary/aromatic N) is 3. The molecule has 3 aromatic rings. The van der Waals surface area contributed by atoms with Crippen LogP contribution >= 0.6 is 0 Å². The van der Waals surface area contributed by atoms with Crippen molar-refractivity contribution in [1.82, 2.24) is 15.0 Å². The maximum Gasteiger partial charge on any atom is 0.259 e. The minimum Gasteiger partial charge on any atom is -0.361 e. The number of carbonyl (C=O) groups excluding carboxylic acids is 2. The number of aromatic nitrogens is 2. The molecule has 4 rings (SSSR count). The third-order valence-electron chi connectivity index (χ3n) is 5.76. The Hall–Kier alpha value is -3.55. The molecule has 166 valence electrons. The lowest BCUT2D eigenvalue weighted by molar-refractivity contribution is 0.0703. The lowest BCUT2D eigenvalue weighted by Gasteiger charge is -2.32. The molecule has 1 aromatic carbocycles. The molecule has 0 unspecified atom stereocenters. The molecule has 2 amide bonds. The van der Waals surface area contributed by atoms with Gasteiger partial charge in [-0.2, -0.15) is 0 Å². The van der Waals surface area contributed by atoms with Crippen LogP contribution in [0.2, 0.25) is 0 Å². The maximum atomic E-state index is 13.1. The Morgan fingerprint density at radius 3 is 2.69 bits per heavy atom. The van der Waals surface area contributed by atoms with Crippen molar-refractivity contribution < 1.29 is 18.5 Å². The highest BCUT2D eigenvalue weighted by atomic mass is 19.1. The molecular formula is C24H25FN4O3. The second-order valence-electron chi connectivity index (χ2n) is 7.94. The van der Waals surface area contributed by atoms with E-state index in [1.54, 1.807) is 13.0 Å². The van der Waals surface area contributed by atoms with Crippen molar-refractivity contribution in [3.05, 3.63) is 76.7 Å². The standard InChI is InChI=1S/C24H25FN4O3/c1-3-20-22(15(2)32-28-20)24(31)29-12-4-5-17(14-29)21-11-6-16(13-26-21)23(30)27-19-9-7-18(25)8-10-19/h6-11,13,17H,3-5,12,14H2,1-2H3,(H,27,30)/t17-/m0/s1. The Kier molecular flexibility index (Phi) is 6.30. The molecule has 2 aromatic heterocycles. The highest BCUT2D eigenvalue weighted by Crippen LogP contribution is 2.28. The molecule has 0 radical (unpaired) electrons. The molecule has 0 spiro atoms. The van der Waals surface area contributed by atoms with Gasteiger partial charge in [-0.1, -0.05) is 12.1 Å². The normalized spacial score (nSPS) is 16.1. The number of likely N-dealkylation sites (tertiary alicyclic amines) is 1.